The van der Waals surface area contributed by atoms with Crippen molar-refractivity contribution < 1.29 is 82.1 Å². The van der Waals surface area contributed by atoms with Crippen LogP contribution in [0.5, 0.6) is 0 Å². The van der Waals surface area contributed by atoms with Crippen LogP contribution in [0.2, 0.25) is 0 Å². The van der Waals surface area contributed by atoms with Gasteiger partial charge in [-0.2, -0.15) is 0 Å². The van der Waals surface area contributed by atoms with Gasteiger partial charge in [-0.1, -0.05) is 0 Å². The highest BCUT2D eigenvalue weighted by molar-refractivity contribution is 7.66. The third-order valence-electron chi connectivity index (χ3n) is 4.38. The molecule has 192 valence electrons. The summed E-state index contributed by atoms with van der Waals surface area (Å²) in [6.07, 6.45) is -12.5. The quantitative estimate of drug-likeness (QED) is 0.340. The molecule has 12 atom stereocenters. The maximum atomic E-state index is 12.7. The monoisotopic (exact) mass is 597 g/mol. The van der Waals surface area contributed by atoms with Crippen molar-refractivity contribution >= 4 is 46.3 Å². The number of hydrogen-bond donors (Lipinski definition) is 0. The van der Waals surface area contributed by atoms with E-state index in [2.05, 4.69) is 13.1 Å². The second kappa shape index (κ2) is 8.20. The molecule has 0 aromatic carbocycles. The molecule has 3 saturated heterocycles. The molecule has 4 fully saturated rings. The van der Waals surface area contributed by atoms with Crippen LogP contribution in [0.3, 0.4) is 0 Å². The minimum Gasteiger partial charge on any atom is -0.756 e. The molecule has 12 unspecified atom stereocenters. The highest BCUT2D eigenvalue weighted by atomic mass is 31.3. The van der Waals surface area contributed by atoms with Gasteiger partial charge in [-0.3, -0.25) is 41.0 Å². The summed E-state index contributed by atoms with van der Waals surface area (Å²) in [7, 11) is -30.1. The maximum absolute atomic E-state index is 12.7. The Bertz CT molecular complexity index is 899. The van der Waals surface area contributed by atoms with Gasteiger partial charge in [-0.25, -0.2) is 12.9 Å². The molecule has 0 N–H and O–H groups in total. The van der Waals surface area contributed by atoms with Gasteiger partial charge in [0.2, 0.25) is 0 Å². The van der Waals surface area contributed by atoms with Crippen LogP contribution in [0.1, 0.15) is 0 Å². The molecule has 0 amide bonds. The van der Waals surface area contributed by atoms with Gasteiger partial charge in [-0.05, 0) is 0 Å². The van der Waals surface area contributed by atoms with Crippen molar-refractivity contribution in [3.63, 3.8) is 0 Å². The van der Waals surface area contributed by atoms with Crippen molar-refractivity contribution in [1.29, 1.82) is 0 Å². The number of rotatable bonds is 0. The normalized spacial score (nSPS) is 62.0. The number of fused-ring (bicyclic) bond motifs is 6. The van der Waals surface area contributed by atoms with E-state index in [0.29, 0.717) is 6.66 Å². The fourth-order valence-electron chi connectivity index (χ4n) is 3.64. The molecular formula is C9H15O18P6-3. The molecule has 3 heterocycles. The Kier molecular flexibility index (Phi) is 6.70. The first-order valence-electron chi connectivity index (χ1n) is 8.59. The van der Waals surface area contributed by atoms with Crippen molar-refractivity contribution in [3.05, 3.63) is 0 Å². The number of phosphoric acid groups is 3. The van der Waals surface area contributed by atoms with E-state index < -0.39 is 82.9 Å². The summed E-state index contributed by atoms with van der Waals surface area (Å²) >= 11 is 0. The van der Waals surface area contributed by atoms with E-state index in [-0.39, 0.29) is 0 Å². The lowest BCUT2D eigenvalue weighted by molar-refractivity contribution is -0.251. The molecule has 4 aliphatic rings. The van der Waals surface area contributed by atoms with E-state index in [4.69, 9.17) is 26.9 Å². The minimum atomic E-state index is -5.75. The lowest BCUT2D eigenvalue weighted by Crippen LogP contribution is -2.65. The summed E-state index contributed by atoms with van der Waals surface area (Å²) in [4.78, 5) is 36.3. The van der Waals surface area contributed by atoms with Gasteiger partial charge in [0.15, 0.2) is 0 Å². The third-order valence-corrected chi connectivity index (χ3v) is 13.7. The van der Waals surface area contributed by atoms with E-state index >= 15 is 0 Å². The topological polar surface area (TPSA) is 255 Å². The average Bonchev–Trinajstić information content (AvgIpc) is 2.74. The van der Waals surface area contributed by atoms with Gasteiger partial charge in [0.05, 0.1) is 0 Å². The molecule has 0 aromatic rings. The fourth-order valence-corrected chi connectivity index (χ4v) is 12.8. The molecule has 18 nitrogen and oxygen atoms in total. The van der Waals surface area contributed by atoms with Gasteiger partial charge >= 0.3 is 22.8 Å². The molecule has 24 heteroatoms. The fraction of sp³-hybridized carbons (Fsp3) is 1.00. The Morgan fingerprint density at radius 1 is 0.424 bits per heavy atom. The summed E-state index contributed by atoms with van der Waals surface area (Å²) in [5, 5.41) is 0. The van der Waals surface area contributed by atoms with Gasteiger partial charge in [0.25, 0.3) is 23.5 Å². The summed E-state index contributed by atoms with van der Waals surface area (Å²) in [5.41, 5.74) is 0. The zero-order valence-corrected chi connectivity index (χ0v) is 21.9. The lowest BCUT2D eigenvalue weighted by Gasteiger charge is -2.47. The summed E-state index contributed by atoms with van der Waals surface area (Å²) in [6, 6.07) is 0. The van der Waals surface area contributed by atoms with Crippen LogP contribution in [-0.2, 0) is 67.5 Å². The van der Waals surface area contributed by atoms with E-state index in [0.717, 1.165) is 13.3 Å². The lowest BCUT2D eigenvalue weighted by atomic mass is 9.85. The molecule has 0 spiro atoms. The standard InChI is InChI=1S/C9H18O18P6/c1-28(10)19-4-5(20-29(2,11)25-28)8-9(24-33(17,18)27-32(15,16)23-8)7-6(4)21-30(3,12)26-31(13,14)22-7/h4-9H,1-3H3,(H,13,14)(H,15,16)(H,17,18)/p-3. The van der Waals surface area contributed by atoms with Crippen LogP contribution >= 0.6 is 46.3 Å². The van der Waals surface area contributed by atoms with Crippen molar-refractivity contribution in [2.75, 3.05) is 20.0 Å². The molecule has 1 aliphatic carbocycles. The summed E-state index contributed by atoms with van der Waals surface area (Å²) in [5.74, 6) is 0. The molecule has 4 rings (SSSR count). The van der Waals surface area contributed by atoms with Crippen molar-refractivity contribution in [2.45, 2.75) is 36.6 Å². The van der Waals surface area contributed by atoms with Crippen molar-refractivity contribution in [3.8, 4) is 0 Å². The molecule has 33 heavy (non-hydrogen) atoms. The molecule has 0 radical (unpaired) electrons. The third kappa shape index (κ3) is 5.91. The Hall–Kier alpha value is 0.900. The van der Waals surface area contributed by atoms with Crippen molar-refractivity contribution in [1.82, 2.24) is 0 Å². The second-order valence-corrected chi connectivity index (χ2v) is 17.9. The molecule has 3 aliphatic heterocycles. The SMILES string of the molecule is CP1(=O)OC2C(OP(C)(=O)O1)C1OP(=O)([O-])OP(=O)([O-])OC1C1OP(=O)([O-])OP(C)(=O)OC21. The van der Waals surface area contributed by atoms with Crippen LogP contribution in [0.25, 0.3) is 0 Å². The Labute approximate surface area is 185 Å². The smallest absolute Gasteiger partial charge is 0.335 e. The Morgan fingerprint density at radius 3 is 1.00 bits per heavy atom. The first-order chi connectivity index (χ1) is 14.7. The van der Waals surface area contributed by atoms with E-state index in [1.807, 2.05) is 0 Å². The van der Waals surface area contributed by atoms with Gasteiger partial charge in [0, 0.05) is 20.0 Å². The van der Waals surface area contributed by atoms with Gasteiger partial charge in [0.1, 0.15) is 36.6 Å². The first-order valence-corrected chi connectivity index (χ1v) is 18.9. The van der Waals surface area contributed by atoms with E-state index in [1.54, 1.807) is 0 Å². The van der Waals surface area contributed by atoms with E-state index in [1.165, 1.54) is 0 Å². The largest absolute Gasteiger partial charge is 0.756 e. The zero-order chi connectivity index (χ0) is 24.8. The minimum absolute atomic E-state index is 0.715. The first kappa shape index (κ1) is 26.9. The summed E-state index contributed by atoms with van der Waals surface area (Å²) in [6.45, 7) is 2.40. The Balaban J connectivity index is 1.92. The zero-order valence-electron chi connectivity index (χ0n) is 16.5. The van der Waals surface area contributed by atoms with Crippen LogP contribution < -0.4 is 14.7 Å². The molecule has 0 aromatic heterocycles. The highest BCUT2D eigenvalue weighted by Crippen LogP contribution is 2.71. The van der Waals surface area contributed by atoms with Crippen LogP contribution in [0, 0.1) is 0 Å². The number of phosphoric ester groups is 3. The van der Waals surface area contributed by atoms with Gasteiger partial charge in [-0.15, -0.1) is 0 Å². The van der Waals surface area contributed by atoms with Crippen LogP contribution in [0.15, 0.2) is 0 Å². The Morgan fingerprint density at radius 2 is 0.667 bits per heavy atom. The maximum Gasteiger partial charge on any atom is 0.335 e. The second-order valence-electron chi connectivity index (χ2n) is 7.32. The predicted molar refractivity (Wildman–Crippen MR) is 95.9 cm³/mol. The summed E-state index contributed by atoms with van der Waals surface area (Å²) < 4.78 is 117. The number of hydrogen-bond acceptors (Lipinski definition) is 18. The molecular weight excluding hydrogens is 582 g/mol. The predicted octanol–water partition coefficient (Wildman–Crippen LogP) is 0.276. The van der Waals surface area contributed by atoms with E-state index in [9.17, 15) is 42.1 Å². The van der Waals surface area contributed by atoms with Crippen LogP contribution in [0.4, 0.5) is 0 Å². The van der Waals surface area contributed by atoms with Crippen molar-refractivity contribution in [2.24, 2.45) is 0 Å². The molecule has 0 bridgehead atoms. The highest BCUT2D eigenvalue weighted by Gasteiger charge is 2.64. The molecule has 1 saturated carbocycles. The van der Waals surface area contributed by atoms with Gasteiger partial charge < -0.3 is 28.3 Å². The van der Waals surface area contributed by atoms with Crippen LogP contribution in [-0.4, -0.2) is 56.6 Å². The average molecular weight is 597 g/mol.